The number of amides is 1. The fourth-order valence-corrected chi connectivity index (χ4v) is 4.75. The summed E-state index contributed by atoms with van der Waals surface area (Å²) in [5.74, 6) is 1.36. The van der Waals surface area contributed by atoms with Crippen LogP contribution in [0.2, 0.25) is 5.02 Å². The van der Waals surface area contributed by atoms with Crippen LogP contribution < -0.4 is 10.1 Å². The number of anilines is 1. The summed E-state index contributed by atoms with van der Waals surface area (Å²) < 4.78 is 7.97. The molecule has 11 heteroatoms. The molecule has 1 N–H and O–H groups in total. The normalized spacial score (nSPS) is 12.0. The number of nitrogens with one attached hydrogen (secondary N) is 1. The van der Waals surface area contributed by atoms with Crippen LogP contribution in [0.5, 0.6) is 5.75 Å². The fourth-order valence-electron chi connectivity index (χ4n) is 3.05. The monoisotopic (exact) mass is 514 g/mol. The highest BCUT2D eigenvalue weighted by atomic mass is 35.5. The molecule has 1 amide bonds. The third-order valence-corrected chi connectivity index (χ3v) is 7.07. The number of nitrogens with zero attached hydrogens (tertiary/aromatic N) is 5. The van der Waals surface area contributed by atoms with E-state index < -0.39 is 6.10 Å². The summed E-state index contributed by atoms with van der Waals surface area (Å²) >= 11 is 8.92. The van der Waals surface area contributed by atoms with Crippen LogP contribution >= 0.6 is 34.7 Å². The number of halogens is 1. The summed E-state index contributed by atoms with van der Waals surface area (Å²) in [4.78, 5) is 12.5. The third-order valence-electron chi connectivity index (χ3n) is 4.69. The van der Waals surface area contributed by atoms with Crippen molar-refractivity contribution >= 4 is 45.7 Å². The highest BCUT2D eigenvalue weighted by Crippen LogP contribution is 2.31. The summed E-state index contributed by atoms with van der Waals surface area (Å²) in [7, 11) is 0. The van der Waals surface area contributed by atoms with Crippen LogP contribution in [-0.2, 0) is 4.79 Å². The van der Waals surface area contributed by atoms with Gasteiger partial charge in [-0.3, -0.25) is 14.7 Å². The van der Waals surface area contributed by atoms with Gasteiger partial charge in [0.2, 0.25) is 11.0 Å². The van der Waals surface area contributed by atoms with Crippen molar-refractivity contribution in [2.24, 2.45) is 0 Å². The van der Waals surface area contributed by atoms with Crippen molar-refractivity contribution in [1.82, 2.24) is 25.0 Å². The number of aromatic nitrogens is 5. The van der Waals surface area contributed by atoms with E-state index in [0.29, 0.717) is 26.9 Å². The van der Waals surface area contributed by atoms with Crippen molar-refractivity contribution in [3.05, 3.63) is 70.5 Å². The van der Waals surface area contributed by atoms with Gasteiger partial charge in [-0.1, -0.05) is 78.9 Å². The van der Waals surface area contributed by atoms with Gasteiger partial charge in [0, 0.05) is 11.6 Å². The Hall–Kier alpha value is -2.95. The first kappa shape index (κ1) is 24.2. The maximum atomic E-state index is 12.5. The molecular weight excluding hydrogens is 492 g/mol. The van der Waals surface area contributed by atoms with Gasteiger partial charge in [-0.05, 0) is 31.2 Å². The van der Waals surface area contributed by atoms with Crippen molar-refractivity contribution in [3.63, 3.8) is 0 Å². The number of carbonyl (C=O) groups excluding carboxylic acids is 1. The lowest BCUT2D eigenvalue weighted by atomic mass is 10.2. The van der Waals surface area contributed by atoms with Crippen LogP contribution in [0.25, 0.3) is 5.69 Å². The molecule has 0 bridgehead atoms. The number of para-hydroxylation sites is 2. The van der Waals surface area contributed by atoms with Gasteiger partial charge < -0.3 is 4.74 Å². The zero-order valence-electron chi connectivity index (χ0n) is 18.8. The van der Waals surface area contributed by atoms with Crippen LogP contribution in [0.15, 0.2) is 59.8 Å². The maximum Gasteiger partial charge on any atom is 0.236 e. The Kier molecular flexibility index (Phi) is 7.81. The summed E-state index contributed by atoms with van der Waals surface area (Å²) in [6.45, 7) is 5.95. The molecule has 0 aliphatic carbocycles. The maximum absolute atomic E-state index is 12.5. The predicted molar refractivity (Wildman–Crippen MR) is 135 cm³/mol. The van der Waals surface area contributed by atoms with Crippen molar-refractivity contribution in [3.8, 4) is 11.4 Å². The molecule has 1 atom stereocenters. The second-order valence-electron chi connectivity index (χ2n) is 7.64. The Balaban J connectivity index is 1.52. The molecule has 34 heavy (non-hydrogen) atoms. The van der Waals surface area contributed by atoms with Gasteiger partial charge in [-0.25, -0.2) is 0 Å². The standard InChI is InChI=1S/C23H23ClN6O2S2/c1-14(2)21-27-28-22(34-21)25-19(31)13-33-23-29-26-20(30(23)16-9-5-4-6-10-16)15(3)32-18-12-8-7-11-17(18)24/h4-12,14-15H,13H2,1-3H3,(H,25,28,31). The number of ether oxygens (including phenoxy) is 1. The highest BCUT2D eigenvalue weighted by molar-refractivity contribution is 7.99. The van der Waals surface area contributed by atoms with E-state index in [2.05, 4.69) is 25.7 Å². The molecule has 176 valence electrons. The summed E-state index contributed by atoms with van der Waals surface area (Å²) in [6.07, 6.45) is -0.438. The lowest BCUT2D eigenvalue weighted by Gasteiger charge is -2.17. The molecule has 0 saturated carbocycles. The molecule has 0 aliphatic heterocycles. The Labute approximate surface area is 210 Å². The summed E-state index contributed by atoms with van der Waals surface area (Å²) in [6, 6.07) is 17.0. The Morgan fingerprint density at radius 3 is 2.50 bits per heavy atom. The number of carbonyl (C=O) groups is 1. The first-order valence-electron chi connectivity index (χ1n) is 10.6. The first-order chi connectivity index (χ1) is 16.4. The molecule has 2 heterocycles. The number of benzene rings is 2. The Bertz CT molecular complexity index is 1260. The van der Waals surface area contributed by atoms with E-state index in [0.717, 1.165) is 10.7 Å². The number of rotatable bonds is 9. The highest BCUT2D eigenvalue weighted by Gasteiger charge is 2.22. The average Bonchev–Trinajstić information content (AvgIpc) is 3.47. The number of hydrogen-bond donors (Lipinski definition) is 1. The van der Waals surface area contributed by atoms with Crippen molar-refractivity contribution in [2.45, 2.75) is 37.9 Å². The fraction of sp³-hybridized carbons (Fsp3) is 0.261. The average molecular weight is 515 g/mol. The SMILES string of the molecule is CC(C)c1nnc(NC(=O)CSc2nnc(C(C)Oc3ccccc3Cl)n2-c2ccccc2)s1. The molecule has 8 nitrogen and oxygen atoms in total. The van der Waals surface area contributed by atoms with Crippen LogP contribution in [0.4, 0.5) is 5.13 Å². The van der Waals surface area contributed by atoms with Crippen molar-refractivity contribution in [1.29, 1.82) is 0 Å². The van der Waals surface area contributed by atoms with E-state index in [9.17, 15) is 4.79 Å². The lowest BCUT2D eigenvalue weighted by Crippen LogP contribution is -2.15. The third kappa shape index (κ3) is 5.75. The second kappa shape index (κ2) is 11.0. The van der Waals surface area contributed by atoms with E-state index in [1.807, 2.05) is 67.8 Å². The molecular formula is C23H23ClN6O2S2. The van der Waals surface area contributed by atoms with Crippen molar-refractivity contribution < 1.29 is 9.53 Å². The van der Waals surface area contributed by atoms with Crippen LogP contribution in [-0.4, -0.2) is 36.6 Å². The van der Waals surface area contributed by atoms with E-state index in [1.165, 1.54) is 23.1 Å². The van der Waals surface area contributed by atoms with Gasteiger partial charge in [0.25, 0.3) is 0 Å². The van der Waals surface area contributed by atoms with Gasteiger partial charge in [0.15, 0.2) is 17.1 Å². The topological polar surface area (TPSA) is 94.8 Å². The number of thioether (sulfide) groups is 1. The Morgan fingerprint density at radius 1 is 1.06 bits per heavy atom. The molecule has 0 fully saturated rings. The van der Waals surface area contributed by atoms with E-state index >= 15 is 0 Å². The lowest BCUT2D eigenvalue weighted by molar-refractivity contribution is -0.113. The molecule has 1 unspecified atom stereocenters. The summed E-state index contributed by atoms with van der Waals surface area (Å²) in [5.41, 5.74) is 0.866. The second-order valence-corrected chi connectivity index (χ2v) is 10.00. The van der Waals surface area contributed by atoms with Crippen LogP contribution in [0.1, 0.15) is 43.6 Å². The van der Waals surface area contributed by atoms with Crippen LogP contribution in [0.3, 0.4) is 0 Å². The molecule has 4 aromatic rings. The van der Waals surface area contributed by atoms with E-state index in [-0.39, 0.29) is 17.6 Å². The molecule has 0 radical (unpaired) electrons. The summed E-state index contributed by atoms with van der Waals surface area (Å²) in [5, 5.41) is 22.1. The number of hydrogen-bond acceptors (Lipinski definition) is 8. The van der Waals surface area contributed by atoms with Crippen molar-refractivity contribution in [2.75, 3.05) is 11.1 Å². The van der Waals surface area contributed by atoms with Crippen LogP contribution in [0, 0.1) is 0 Å². The van der Waals surface area contributed by atoms with Gasteiger partial charge >= 0.3 is 0 Å². The van der Waals surface area contributed by atoms with Gasteiger partial charge in [-0.15, -0.1) is 20.4 Å². The largest absolute Gasteiger partial charge is 0.481 e. The minimum atomic E-state index is -0.438. The van der Waals surface area contributed by atoms with E-state index in [1.54, 1.807) is 12.1 Å². The van der Waals surface area contributed by atoms with E-state index in [4.69, 9.17) is 16.3 Å². The van der Waals surface area contributed by atoms with Gasteiger partial charge in [-0.2, -0.15) is 0 Å². The minimum Gasteiger partial charge on any atom is -0.481 e. The minimum absolute atomic E-state index is 0.140. The molecule has 2 aromatic carbocycles. The smallest absolute Gasteiger partial charge is 0.236 e. The molecule has 4 rings (SSSR count). The van der Waals surface area contributed by atoms with Gasteiger partial charge in [0.1, 0.15) is 10.8 Å². The molecule has 2 aromatic heterocycles. The zero-order chi connectivity index (χ0) is 24.1. The predicted octanol–water partition coefficient (Wildman–Crippen LogP) is 5.77. The Morgan fingerprint density at radius 2 is 1.79 bits per heavy atom. The van der Waals surface area contributed by atoms with Gasteiger partial charge in [0.05, 0.1) is 10.8 Å². The molecule has 0 aliphatic rings. The first-order valence-corrected chi connectivity index (χ1v) is 12.8. The zero-order valence-corrected chi connectivity index (χ0v) is 21.2. The quantitative estimate of drug-likeness (QED) is 0.283. The molecule has 0 saturated heterocycles. The molecule has 0 spiro atoms.